The maximum atomic E-state index is 12.0. The highest BCUT2D eigenvalue weighted by atomic mass is 16.5. The highest BCUT2D eigenvalue weighted by molar-refractivity contribution is 5.93. The largest absolute Gasteiger partial charge is 0.385 e. The number of ether oxygens (including phenoxy) is 1. The topological polar surface area (TPSA) is 79.0 Å². The number of nitrogens with zero attached hydrogens (tertiary/aromatic N) is 1. The second kappa shape index (κ2) is 6.51. The molecule has 6 nitrogen and oxygen atoms in total. The van der Waals surface area contributed by atoms with E-state index >= 15 is 0 Å². The molecule has 100 valence electrons. The molecule has 0 unspecified atom stereocenters. The van der Waals surface area contributed by atoms with E-state index in [1.165, 1.54) is 0 Å². The maximum absolute atomic E-state index is 12.0. The predicted octanol–water partition coefficient (Wildman–Crippen LogP) is 0.212. The van der Waals surface area contributed by atoms with Crippen molar-refractivity contribution in [1.82, 2.24) is 20.8 Å². The molecule has 0 saturated carbocycles. The van der Waals surface area contributed by atoms with Gasteiger partial charge in [-0.25, -0.2) is 0 Å². The number of H-pyrrole nitrogens is 1. The van der Waals surface area contributed by atoms with Gasteiger partial charge >= 0.3 is 0 Å². The molecule has 18 heavy (non-hydrogen) atoms. The Morgan fingerprint density at radius 3 is 3.22 bits per heavy atom. The van der Waals surface area contributed by atoms with E-state index in [2.05, 4.69) is 20.8 Å². The number of carbonyl (C=O) groups excluding carboxylic acids is 1. The third kappa shape index (κ3) is 3.08. The van der Waals surface area contributed by atoms with Crippen LogP contribution in [0, 0.1) is 0 Å². The molecule has 0 saturated heterocycles. The summed E-state index contributed by atoms with van der Waals surface area (Å²) in [7, 11) is 1.68. The fraction of sp³-hybridized carbons (Fsp3) is 0.667. The van der Waals surface area contributed by atoms with Crippen molar-refractivity contribution in [3.8, 4) is 0 Å². The molecule has 1 aromatic rings. The van der Waals surface area contributed by atoms with Crippen molar-refractivity contribution < 1.29 is 9.53 Å². The van der Waals surface area contributed by atoms with Gasteiger partial charge in [-0.1, -0.05) is 0 Å². The number of nitrogens with one attached hydrogen (secondary N) is 3. The van der Waals surface area contributed by atoms with Crippen LogP contribution in [0.3, 0.4) is 0 Å². The summed E-state index contributed by atoms with van der Waals surface area (Å²) < 4.78 is 4.96. The Labute approximate surface area is 106 Å². The summed E-state index contributed by atoms with van der Waals surface area (Å²) in [6.45, 7) is 3.06. The number of fused-ring (bicyclic) bond motifs is 1. The first-order valence-corrected chi connectivity index (χ1v) is 6.37. The van der Waals surface area contributed by atoms with E-state index in [4.69, 9.17) is 4.74 Å². The van der Waals surface area contributed by atoms with Crippen molar-refractivity contribution in [1.29, 1.82) is 0 Å². The quantitative estimate of drug-likeness (QED) is 0.632. The number of hydrogen-bond acceptors (Lipinski definition) is 4. The van der Waals surface area contributed by atoms with Crippen LogP contribution >= 0.6 is 0 Å². The van der Waals surface area contributed by atoms with Crippen molar-refractivity contribution in [3.05, 3.63) is 17.0 Å². The first-order chi connectivity index (χ1) is 8.83. The molecule has 0 aromatic carbocycles. The van der Waals surface area contributed by atoms with Crippen molar-refractivity contribution in [3.63, 3.8) is 0 Å². The van der Waals surface area contributed by atoms with Gasteiger partial charge in [0.05, 0.1) is 0 Å². The van der Waals surface area contributed by atoms with E-state index in [1.807, 2.05) is 0 Å². The minimum atomic E-state index is -0.0892. The Morgan fingerprint density at radius 1 is 1.50 bits per heavy atom. The predicted molar refractivity (Wildman–Crippen MR) is 67.4 cm³/mol. The lowest BCUT2D eigenvalue weighted by molar-refractivity contribution is 0.0945. The molecule has 0 aliphatic carbocycles. The van der Waals surface area contributed by atoms with Crippen molar-refractivity contribution >= 4 is 5.91 Å². The van der Waals surface area contributed by atoms with Gasteiger partial charge in [0.1, 0.15) is 0 Å². The zero-order valence-corrected chi connectivity index (χ0v) is 10.7. The molecular formula is C12H20N4O2. The second-order valence-corrected chi connectivity index (χ2v) is 4.41. The second-order valence-electron chi connectivity index (χ2n) is 4.41. The molecular weight excluding hydrogens is 232 g/mol. The van der Waals surface area contributed by atoms with Crippen LogP contribution in [0.15, 0.2) is 0 Å². The molecule has 3 N–H and O–H groups in total. The molecule has 1 amide bonds. The number of carbonyl (C=O) groups is 1. The van der Waals surface area contributed by atoms with Crippen LogP contribution in [0.5, 0.6) is 0 Å². The Balaban J connectivity index is 1.83. The molecule has 1 aliphatic rings. The number of methoxy groups -OCH3 is 1. The maximum Gasteiger partial charge on any atom is 0.272 e. The number of unbranched alkanes of at least 4 members (excludes halogenated alkanes) is 1. The van der Waals surface area contributed by atoms with Gasteiger partial charge in [0, 0.05) is 51.0 Å². The normalized spacial score (nSPS) is 14.3. The van der Waals surface area contributed by atoms with E-state index in [9.17, 15) is 4.79 Å². The Morgan fingerprint density at radius 2 is 2.39 bits per heavy atom. The third-order valence-corrected chi connectivity index (χ3v) is 3.08. The lowest BCUT2D eigenvalue weighted by Gasteiger charge is -2.12. The smallest absolute Gasteiger partial charge is 0.272 e. The zero-order valence-electron chi connectivity index (χ0n) is 10.7. The minimum absolute atomic E-state index is 0.0892. The van der Waals surface area contributed by atoms with Gasteiger partial charge in [0.15, 0.2) is 5.69 Å². The van der Waals surface area contributed by atoms with Gasteiger partial charge in [0.2, 0.25) is 0 Å². The minimum Gasteiger partial charge on any atom is -0.385 e. The highest BCUT2D eigenvalue weighted by Gasteiger charge is 2.20. The van der Waals surface area contributed by atoms with Crippen LogP contribution in [0.2, 0.25) is 0 Å². The molecule has 2 rings (SSSR count). The summed E-state index contributed by atoms with van der Waals surface area (Å²) in [5.41, 5.74) is 2.62. The van der Waals surface area contributed by atoms with Crippen LogP contribution in [0.1, 0.15) is 34.6 Å². The number of amides is 1. The van der Waals surface area contributed by atoms with Crippen LogP contribution in [0.25, 0.3) is 0 Å². The van der Waals surface area contributed by atoms with E-state index in [0.29, 0.717) is 12.2 Å². The molecule has 0 bridgehead atoms. The van der Waals surface area contributed by atoms with Crippen molar-refractivity contribution in [2.45, 2.75) is 25.8 Å². The van der Waals surface area contributed by atoms with E-state index in [1.54, 1.807) is 7.11 Å². The number of hydrogen-bond donors (Lipinski definition) is 3. The fourth-order valence-corrected chi connectivity index (χ4v) is 2.07. The fourth-order valence-electron chi connectivity index (χ4n) is 2.07. The summed E-state index contributed by atoms with van der Waals surface area (Å²) in [5, 5.41) is 13.2. The summed E-state index contributed by atoms with van der Waals surface area (Å²) >= 11 is 0. The lowest BCUT2D eigenvalue weighted by atomic mass is 10.1. The van der Waals surface area contributed by atoms with Gasteiger partial charge < -0.3 is 15.4 Å². The first kappa shape index (κ1) is 13.0. The van der Waals surface area contributed by atoms with Crippen LogP contribution < -0.4 is 10.6 Å². The molecule has 1 aliphatic heterocycles. The van der Waals surface area contributed by atoms with Crippen LogP contribution in [0.4, 0.5) is 0 Å². The molecule has 2 heterocycles. The standard InChI is InChI=1S/C12H20N4O2/c1-18-7-3-2-5-14-12(17)11-9-8-13-6-4-10(9)15-16-11/h13H,2-8H2,1H3,(H,14,17)(H,15,16). The van der Waals surface area contributed by atoms with E-state index < -0.39 is 0 Å². The first-order valence-electron chi connectivity index (χ1n) is 6.37. The van der Waals surface area contributed by atoms with E-state index in [0.717, 1.165) is 50.2 Å². The summed E-state index contributed by atoms with van der Waals surface area (Å²) in [5.74, 6) is -0.0892. The zero-order chi connectivity index (χ0) is 12.8. The van der Waals surface area contributed by atoms with Gasteiger partial charge in [0.25, 0.3) is 5.91 Å². The Hall–Kier alpha value is -1.40. The van der Waals surface area contributed by atoms with Crippen molar-refractivity contribution in [2.75, 3.05) is 26.8 Å². The summed E-state index contributed by atoms with van der Waals surface area (Å²) in [6, 6.07) is 0. The lowest BCUT2D eigenvalue weighted by Crippen LogP contribution is -2.29. The molecule has 0 radical (unpaired) electrons. The monoisotopic (exact) mass is 252 g/mol. The third-order valence-electron chi connectivity index (χ3n) is 3.08. The number of aromatic amines is 1. The van der Waals surface area contributed by atoms with E-state index in [-0.39, 0.29) is 5.91 Å². The van der Waals surface area contributed by atoms with Gasteiger partial charge in [-0.05, 0) is 12.8 Å². The number of aromatic nitrogens is 2. The van der Waals surface area contributed by atoms with Gasteiger partial charge in [-0.3, -0.25) is 9.89 Å². The van der Waals surface area contributed by atoms with Crippen LogP contribution in [-0.4, -0.2) is 42.9 Å². The number of rotatable bonds is 6. The van der Waals surface area contributed by atoms with Crippen molar-refractivity contribution in [2.24, 2.45) is 0 Å². The SMILES string of the molecule is COCCCCNC(=O)c1n[nH]c2c1CNCC2. The molecule has 0 atom stereocenters. The molecule has 0 spiro atoms. The van der Waals surface area contributed by atoms with Crippen LogP contribution in [-0.2, 0) is 17.7 Å². The molecule has 1 aromatic heterocycles. The average Bonchev–Trinajstić information content (AvgIpc) is 2.82. The van der Waals surface area contributed by atoms with Gasteiger partial charge in [-0.15, -0.1) is 0 Å². The average molecular weight is 252 g/mol. The Bertz CT molecular complexity index is 403. The summed E-state index contributed by atoms with van der Waals surface area (Å²) in [4.78, 5) is 12.0. The van der Waals surface area contributed by atoms with Gasteiger partial charge in [-0.2, -0.15) is 5.10 Å². The Kier molecular flexibility index (Phi) is 4.72. The summed E-state index contributed by atoms with van der Waals surface area (Å²) in [6.07, 6.45) is 2.78. The molecule has 0 fully saturated rings. The molecule has 6 heteroatoms. The highest BCUT2D eigenvalue weighted by Crippen LogP contribution is 2.14.